The number of methoxy groups -OCH3 is 3. The van der Waals surface area contributed by atoms with E-state index in [0.717, 1.165) is 29.7 Å². The highest BCUT2D eigenvalue weighted by Crippen LogP contribution is 2.30. The molecule has 0 heterocycles. The lowest BCUT2D eigenvalue weighted by molar-refractivity contribution is 0.0453. The van der Waals surface area contributed by atoms with Crippen LogP contribution in [0.25, 0.3) is 0 Å². The van der Waals surface area contributed by atoms with Crippen LogP contribution in [0.4, 0.5) is 0 Å². The van der Waals surface area contributed by atoms with Crippen LogP contribution in [0, 0.1) is 0 Å². The van der Waals surface area contributed by atoms with Crippen molar-refractivity contribution in [3.63, 3.8) is 0 Å². The quantitative estimate of drug-likeness (QED) is 0.409. The van der Waals surface area contributed by atoms with Gasteiger partial charge in [-0.25, -0.2) is 0 Å². The van der Waals surface area contributed by atoms with E-state index in [4.69, 9.17) is 28.4 Å². The lowest BCUT2D eigenvalue weighted by Crippen LogP contribution is -2.09. The summed E-state index contributed by atoms with van der Waals surface area (Å²) in [6, 6.07) is 3.88. The summed E-state index contributed by atoms with van der Waals surface area (Å²) in [4.78, 5) is 0. The van der Waals surface area contributed by atoms with Crippen LogP contribution in [0.5, 0.6) is 11.5 Å². The van der Waals surface area contributed by atoms with Gasteiger partial charge in [-0.15, -0.1) is 0 Å². The number of rotatable bonds is 13. The summed E-state index contributed by atoms with van der Waals surface area (Å²) in [6.07, 6.45) is 1.64. The molecule has 0 saturated carbocycles. The summed E-state index contributed by atoms with van der Waals surface area (Å²) < 4.78 is 31.7. The molecule has 132 valence electrons. The Morgan fingerprint density at radius 3 is 2.22 bits per heavy atom. The van der Waals surface area contributed by atoms with Crippen LogP contribution in [0.3, 0.4) is 0 Å². The normalized spacial score (nSPS) is 10.8. The van der Waals surface area contributed by atoms with Crippen LogP contribution in [0.2, 0.25) is 0 Å². The number of ether oxygens (including phenoxy) is 6. The van der Waals surface area contributed by atoms with E-state index in [-0.39, 0.29) is 13.6 Å². The average molecular weight is 328 g/mol. The highest BCUT2D eigenvalue weighted by Gasteiger charge is 2.12. The predicted molar refractivity (Wildman–Crippen MR) is 87.2 cm³/mol. The predicted octanol–water partition coefficient (Wildman–Crippen LogP) is 2.42. The van der Waals surface area contributed by atoms with Gasteiger partial charge in [-0.05, 0) is 30.0 Å². The fraction of sp³-hybridized carbons (Fsp3) is 0.647. The zero-order valence-corrected chi connectivity index (χ0v) is 14.6. The molecule has 1 aromatic rings. The van der Waals surface area contributed by atoms with Gasteiger partial charge in [0.1, 0.15) is 11.5 Å². The van der Waals surface area contributed by atoms with E-state index in [1.807, 2.05) is 12.1 Å². The van der Waals surface area contributed by atoms with E-state index in [9.17, 15) is 0 Å². The van der Waals surface area contributed by atoms with Crippen molar-refractivity contribution in [2.24, 2.45) is 0 Å². The van der Waals surface area contributed by atoms with Gasteiger partial charge in [-0.2, -0.15) is 0 Å². The molecule has 0 aliphatic carbocycles. The van der Waals surface area contributed by atoms with Crippen LogP contribution >= 0.6 is 0 Å². The molecule has 6 nitrogen and oxygen atoms in total. The molecule has 0 aliphatic rings. The minimum Gasteiger partial charge on any atom is -0.467 e. The molecule has 0 unspecified atom stereocenters. The van der Waals surface area contributed by atoms with E-state index in [0.29, 0.717) is 25.6 Å². The summed E-state index contributed by atoms with van der Waals surface area (Å²) in [5.41, 5.74) is 2.28. The lowest BCUT2D eigenvalue weighted by atomic mass is 10.0. The van der Waals surface area contributed by atoms with Crippen LogP contribution in [0.1, 0.15) is 18.1 Å². The summed E-state index contributed by atoms with van der Waals surface area (Å²) in [5, 5.41) is 0. The summed E-state index contributed by atoms with van der Waals surface area (Å²) in [6.45, 7) is 4.29. The zero-order valence-electron chi connectivity index (χ0n) is 14.6. The van der Waals surface area contributed by atoms with E-state index in [1.165, 1.54) is 0 Å². The van der Waals surface area contributed by atoms with Crippen molar-refractivity contribution in [1.29, 1.82) is 0 Å². The Hall–Kier alpha value is -1.34. The van der Waals surface area contributed by atoms with Gasteiger partial charge in [0, 0.05) is 27.4 Å². The molecular weight excluding hydrogens is 300 g/mol. The minimum atomic E-state index is 0.193. The third kappa shape index (κ3) is 7.18. The van der Waals surface area contributed by atoms with E-state index in [2.05, 4.69) is 6.92 Å². The fourth-order valence-corrected chi connectivity index (χ4v) is 2.19. The van der Waals surface area contributed by atoms with Crippen molar-refractivity contribution in [3.05, 3.63) is 23.3 Å². The number of hydrogen-bond acceptors (Lipinski definition) is 6. The summed E-state index contributed by atoms with van der Waals surface area (Å²) in [5.74, 6) is 1.48. The van der Waals surface area contributed by atoms with E-state index in [1.54, 1.807) is 21.3 Å². The van der Waals surface area contributed by atoms with Crippen molar-refractivity contribution in [2.45, 2.75) is 19.8 Å². The third-order valence-corrected chi connectivity index (χ3v) is 3.25. The molecule has 23 heavy (non-hydrogen) atoms. The molecule has 0 fully saturated rings. The van der Waals surface area contributed by atoms with Crippen molar-refractivity contribution in [2.75, 3.05) is 54.7 Å². The Balaban J connectivity index is 2.84. The highest BCUT2D eigenvalue weighted by atomic mass is 16.7. The maximum atomic E-state index is 5.68. The summed E-state index contributed by atoms with van der Waals surface area (Å²) >= 11 is 0. The van der Waals surface area contributed by atoms with Crippen molar-refractivity contribution >= 4 is 0 Å². The summed E-state index contributed by atoms with van der Waals surface area (Å²) in [7, 11) is 4.85. The van der Waals surface area contributed by atoms with Gasteiger partial charge < -0.3 is 28.4 Å². The molecule has 1 aromatic carbocycles. The Kier molecular flexibility index (Phi) is 10.4. The molecule has 6 heteroatoms. The van der Waals surface area contributed by atoms with Gasteiger partial charge >= 0.3 is 0 Å². The maximum absolute atomic E-state index is 5.68. The van der Waals surface area contributed by atoms with Crippen molar-refractivity contribution in [3.8, 4) is 11.5 Å². The van der Waals surface area contributed by atoms with Gasteiger partial charge in [0.05, 0.1) is 19.8 Å². The molecule has 0 amide bonds. The maximum Gasteiger partial charge on any atom is 0.188 e. The highest BCUT2D eigenvalue weighted by molar-refractivity contribution is 5.47. The SMILES string of the molecule is CCc1c(CCOCCOC)cc(OCOC)cc1OCOC. The van der Waals surface area contributed by atoms with Gasteiger partial charge in [-0.3, -0.25) is 0 Å². The molecule has 0 radical (unpaired) electrons. The van der Waals surface area contributed by atoms with Crippen molar-refractivity contribution < 1.29 is 28.4 Å². The Labute approximate surface area is 138 Å². The Morgan fingerprint density at radius 1 is 0.826 bits per heavy atom. The van der Waals surface area contributed by atoms with Gasteiger partial charge in [0.25, 0.3) is 0 Å². The first-order chi connectivity index (χ1) is 11.3. The fourth-order valence-electron chi connectivity index (χ4n) is 2.19. The number of benzene rings is 1. The molecular formula is C17H28O6. The molecule has 0 N–H and O–H groups in total. The molecule has 0 bridgehead atoms. The lowest BCUT2D eigenvalue weighted by Gasteiger charge is -2.17. The molecule has 0 saturated heterocycles. The third-order valence-electron chi connectivity index (χ3n) is 3.25. The second-order valence-corrected chi connectivity index (χ2v) is 4.87. The largest absolute Gasteiger partial charge is 0.467 e. The molecule has 0 atom stereocenters. The molecule has 0 aliphatic heterocycles. The van der Waals surface area contributed by atoms with Gasteiger partial charge in [0.2, 0.25) is 0 Å². The van der Waals surface area contributed by atoms with Crippen LogP contribution in [-0.2, 0) is 31.8 Å². The second-order valence-electron chi connectivity index (χ2n) is 4.87. The zero-order chi connectivity index (χ0) is 16.9. The van der Waals surface area contributed by atoms with Crippen LogP contribution < -0.4 is 9.47 Å². The first-order valence-corrected chi connectivity index (χ1v) is 7.72. The van der Waals surface area contributed by atoms with Gasteiger partial charge in [-0.1, -0.05) is 6.92 Å². The van der Waals surface area contributed by atoms with E-state index >= 15 is 0 Å². The first kappa shape index (κ1) is 19.7. The standard InChI is InChI=1S/C17H28O6/c1-5-16-14(6-7-21-9-8-18-2)10-15(22-12-19-3)11-17(16)23-13-20-4/h10-11H,5-9,12-13H2,1-4H3. The Morgan fingerprint density at radius 2 is 1.57 bits per heavy atom. The van der Waals surface area contributed by atoms with Crippen LogP contribution in [0.15, 0.2) is 12.1 Å². The molecule has 1 rings (SSSR count). The number of hydrogen-bond donors (Lipinski definition) is 0. The van der Waals surface area contributed by atoms with Gasteiger partial charge in [0.15, 0.2) is 13.6 Å². The van der Waals surface area contributed by atoms with Crippen LogP contribution in [-0.4, -0.2) is 54.7 Å². The van der Waals surface area contributed by atoms with E-state index < -0.39 is 0 Å². The first-order valence-electron chi connectivity index (χ1n) is 7.72. The topological polar surface area (TPSA) is 55.4 Å². The second kappa shape index (κ2) is 12.1. The smallest absolute Gasteiger partial charge is 0.188 e. The minimum absolute atomic E-state index is 0.193. The average Bonchev–Trinajstić information content (AvgIpc) is 2.57. The molecule has 0 spiro atoms. The Bertz CT molecular complexity index is 435. The monoisotopic (exact) mass is 328 g/mol. The molecule has 0 aromatic heterocycles. The van der Waals surface area contributed by atoms with Crippen molar-refractivity contribution in [1.82, 2.24) is 0 Å².